The Hall–Kier alpha value is -0.740. The van der Waals surface area contributed by atoms with Gasteiger partial charge in [-0.1, -0.05) is 12.1 Å². The first-order valence-corrected chi connectivity index (χ1v) is 4.89. The predicted octanol–water partition coefficient (Wildman–Crippen LogP) is 3.33. The Morgan fingerprint density at radius 3 is 1.94 bits per heavy atom. The first kappa shape index (κ1) is 13.3. The number of hydrogen-bond donors (Lipinski definition) is 1. The van der Waals surface area contributed by atoms with Crippen LogP contribution in [0.15, 0.2) is 24.3 Å². The molecule has 5 heteroatoms. The van der Waals surface area contributed by atoms with Crippen LogP contribution in [0.25, 0.3) is 0 Å². The van der Waals surface area contributed by atoms with E-state index < -0.39 is 11.7 Å². The topological polar surface area (TPSA) is 26.0 Å². The zero-order valence-electron chi connectivity index (χ0n) is 8.50. The third kappa shape index (κ3) is 2.68. The zero-order valence-corrected chi connectivity index (χ0v) is 9.31. The van der Waals surface area contributed by atoms with Crippen LogP contribution in [0.5, 0.6) is 0 Å². The van der Waals surface area contributed by atoms with Crippen molar-refractivity contribution in [3.63, 3.8) is 0 Å². The highest BCUT2D eigenvalue weighted by Crippen LogP contribution is 2.37. The van der Waals surface area contributed by atoms with Crippen LogP contribution in [-0.2, 0) is 6.18 Å². The predicted molar refractivity (Wildman–Crippen MR) is 58.6 cm³/mol. The quantitative estimate of drug-likeness (QED) is 0.814. The van der Waals surface area contributed by atoms with Crippen LogP contribution in [0.3, 0.4) is 0 Å². The molecule has 0 spiro atoms. The molecule has 0 amide bonds. The van der Waals surface area contributed by atoms with E-state index in [4.69, 9.17) is 5.73 Å². The maximum absolute atomic E-state index is 12.3. The van der Waals surface area contributed by atoms with Gasteiger partial charge in [-0.2, -0.15) is 13.2 Å². The van der Waals surface area contributed by atoms with Crippen molar-refractivity contribution in [2.24, 2.45) is 5.73 Å². The highest BCUT2D eigenvalue weighted by Gasteiger charge is 2.31. The van der Waals surface area contributed by atoms with Crippen LogP contribution >= 0.6 is 12.4 Å². The summed E-state index contributed by atoms with van der Waals surface area (Å²) in [6, 6.07) is 5.61. The molecule has 1 fully saturated rings. The highest BCUT2D eigenvalue weighted by atomic mass is 35.5. The lowest BCUT2D eigenvalue weighted by Crippen LogP contribution is -2.34. The van der Waals surface area contributed by atoms with E-state index in [1.807, 2.05) is 0 Å². The summed E-state index contributed by atoms with van der Waals surface area (Å²) in [6.45, 7) is 0. The van der Waals surface area contributed by atoms with Crippen LogP contribution < -0.4 is 5.73 Å². The number of nitrogens with two attached hydrogens (primary N) is 1. The Balaban J connectivity index is 0.00000128. The summed E-state index contributed by atoms with van der Waals surface area (Å²) in [7, 11) is 0. The zero-order chi connectivity index (χ0) is 11.1. The van der Waals surface area contributed by atoms with E-state index in [1.54, 1.807) is 12.1 Å². The lowest BCUT2D eigenvalue weighted by Gasteiger charge is -2.32. The van der Waals surface area contributed by atoms with Crippen LogP contribution in [0.4, 0.5) is 13.2 Å². The van der Waals surface area contributed by atoms with Crippen molar-refractivity contribution in [3.8, 4) is 0 Å². The second-order valence-corrected chi connectivity index (χ2v) is 4.05. The smallest absolute Gasteiger partial charge is 0.328 e. The SMILES string of the molecule is Cl.NC1CC(c2ccc(C(F)(F)F)cc2)C1. The van der Waals surface area contributed by atoms with Crippen molar-refractivity contribution in [2.75, 3.05) is 0 Å². The first-order chi connectivity index (χ1) is 6.97. The van der Waals surface area contributed by atoms with Crippen LogP contribution in [0, 0.1) is 0 Å². The molecule has 0 saturated heterocycles. The molecule has 1 aromatic carbocycles. The van der Waals surface area contributed by atoms with Crippen molar-refractivity contribution < 1.29 is 13.2 Å². The van der Waals surface area contributed by atoms with Crippen molar-refractivity contribution in [2.45, 2.75) is 31.0 Å². The lowest BCUT2D eigenvalue weighted by molar-refractivity contribution is -0.137. The molecule has 0 radical (unpaired) electrons. The number of halogens is 4. The maximum Gasteiger partial charge on any atom is 0.416 e. The molecule has 1 nitrogen and oxygen atoms in total. The van der Waals surface area contributed by atoms with Crippen molar-refractivity contribution in [1.82, 2.24) is 0 Å². The van der Waals surface area contributed by atoms with Crippen LogP contribution in [-0.4, -0.2) is 6.04 Å². The summed E-state index contributed by atoms with van der Waals surface area (Å²) < 4.78 is 36.8. The summed E-state index contributed by atoms with van der Waals surface area (Å²) in [6.07, 6.45) is -2.48. The fourth-order valence-electron chi connectivity index (χ4n) is 1.88. The number of alkyl halides is 3. The van der Waals surface area contributed by atoms with Gasteiger partial charge in [0.2, 0.25) is 0 Å². The molecule has 90 valence electrons. The van der Waals surface area contributed by atoms with Gasteiger partial charge in [0.1, 0.15) is 0 Å². The Bertz CT molecular complexity index is 341. The summed E-state index contributed by atoms with van der Waals surface area (Å²) in [4.78, 5) is 0. The van der Waals surface area contributed by atoms with E-state index >= 15 is 0 Å². The minimum Gasteiger partial charge on any atom is -0.328 e. The molecule has 2 rings (SSSR count). The van der Waals surface area contributed by atoms with Crippen LogP contribution in [0.2, 0.25) is 0 Å². The largest absolute Gasteiger partial charge is 0.416 e. The van der Waals surface area contributed by atoms with Gasteiger partial charge in [0.15, 0.2) is 0 Å². The minimum atomic E-state index is -4.24. The van der Waals surface area contributed by atoms with Crippen molar-refractivity contribution in [3.05, 3.63) is 35.4 Å². The molecule has 1 saturated carbocycles. The molecule has 0 bridgehead atoms. The fourth-order valence-corrected chi connectivity index (χ4v) is 1.88. The monoisotopic (exact) mass is 251 g/mol. The summed E-state index contributed by atoms with van der Waals surface area (Å²) in [5.74, 6) is 0.349. The molecule has 0 heterocycles. The highest BCUT2D eigenvalue weighted by molar-refractivity contribution is 5.85. The average molecular weight is 252 g/mol. The molecule has 0 unspecified atom stereocenters. The molecule has 0 aliphatic heterocycles. The molecular weight excluding hydrogens is 239 g/mol. The standard InChI is InChI=1S/C11H12F3N.ClH/c12-11(13,14)9-3-1-7(2-4-9)8-5-10(15)6-8;/h1-4,8,10H,5-6,15H2;1H. The average Bonchev–Trinajstić information content (AvgIpc) is 2.12. The van der Waals surface area contributed by atoms with E-state index in [2.05, 4.69) is 0 Å². The van der Waals surface area contributed by atoms with Gasteiger partial charge < -0.3 is 5.73 Å². The van der Waals surface area contributed by atoms with E-state index in [0.717, 1.165) is 30.5 Å². The number of rotatable bonds is 1. The van der Waals surface area contributed by atoms with Gasteiger partial charge in [0, 0.05) is 6.04 Å². The normalized spacial score (nSPS) is 24.5. The molecule has 16 heavy (non-hydrogen) atoms. The molecule has 2 N–H and O–H groups in total. The van der Waals surface area contributed by atoms with Gasteiger partial charge in [-0.05, 0) is 36.5 Å². The molecule has 1 aliphatic carbocycles. The number of benzene rings is 1. The van der Waals surface area contributed by atoms with Crippen molar-refractivity contribution in [1.29, 1.82) is 0 Å². The lowest BCUT2D eigenvalue weighted by atomic mass is 9.76. The third-order valence-corrected chi connectivity index (χ3v) is 2.88. The van der Waals surface area contributed by atoms with Gasteiger partial charge in [-0.15, -0.1) is 12.4 Å². The Kier molecular flexibility index (Phi) is 3.86. The maximum atomic E-state index is 12.3. The van der Waals surface area contributed by atoms with Gasteiger partial charge in [0.05, 0.1) is 5.56 Å². The molecular formula is C11H13ClF3N. The molecule has 0 atom stereocenters. The van der Waals surface area contributed by atoms with Gasteiger partial charge in [-0.3, -0.25) is 0 Å². The van der Waals surface area contributed by atoms with Gasteiger partial charge in [0.25, 0.3) is 0 Å². The third-order valence-electron chi connectivity index (χ3n) is 2.88. The van der Waals surface area contributed by atoms with Gasteiger partial charge >= 0.3 is 6.18 Å². The Morgan fingerprint density at radius 1 is 1.06 bits per heavy atom. The second kappa shape index (κ2) is 4.63. The van der Waals surface area contributed by atoms with E-state index in [-0.39, 0.29) is 18.4 Å². The molecule has 1 aliphatic rings. The summed E-state index contributed by atoms with van der Waals surface area (Å²) in [5.41, 5.74) is 6.00. The van der Waals surface area contributed by atoms with Crippen molar-refractivity contribution >= 4 is 12.4 Å². The Labute approximate surface area is 98.2 Å². The van der Waals surface area contributed by atoms with E-state index in [1.165, 1.54) is 0 Å². The first-order valence-electron chi connectivity index (χ1n) is 4.89. The van der Waals surface area contributed by atoms with E-state index in [9.17, 15) is 13.2 Å². The van der Waals surface area contributed by atoms with Crippen LogP contribution in [0.1, 0.15) is 29.9 Å². The molecule has 1 aromatic rings. The fraction of sp³-hybridized carbons (Fsp3) is 0.455. The minimum absolute atomic E-state index is 0. The summed E-state index contributed by atoms with van der Waals surface area (Å²) >= 11 is 0. The number of hydrogen-bond acceptors (Lipinski definition) is 1. The second-order valence-electron chi connectivity index (χ2n) is 4.05. The Morgan fingerprint density at radius 2 is 1.56 bits per heavy atom. The van der Waals surface area contributed by atoms with Gasteiger partial charge in [-0.25, -0.2) is 0 Å². The van der Waals surface area contributed by atoms with E-state index in [0.29, 0.717) is 5.92 Å². The molecule has 0 aromatic heterocycles. The summed E-state index contributed by atoms with van der Waals surface area (Å²) in [5, 5.41) is 0.